The van der Waals surface area contributed by atoms with Crippen LogP contribution in [0.15, 0.2) is 40.9 Å². The van der Waals surface area contributed by atoms with Crippen LogP contribution in [0.2, 0.25) is 0 Å². The van der Waals surface area contributed by atoms with Crippen LogP contribution in [-0.4, -0.2) is 68.1 Å². The van der Waals surface area contributed by atoms with E-state index in [0.717, 1.165) is 93.6 Å². The zero-order valence-corrected chi connectivity index (χ0v) is 35.9. The topological polar surface area (TPSA) is 89.5 Å². The quantitative estimate of drug-likeness (QED) is 0.217. The van der Waals surface area contributed by atoms with Gasteiger partial charge in [0, 0.05) is 30.9 Å². The summed E-state index contributed by atoms with van der Waals surface area (Å²) in [5, 5.41) is 0.268. The van der Waals surface area contributed by atoms with Gasteiger partial charge in [-0.3, -0.25) is 9.59 Å². The summed E-state index contributed by atoms with van der Waals surface area (Å²) in [6, 6.07) is 9.46. The molecule has 2 aromatic rings. The van der Waals surface area contributed by atoms with Gasteiger partial charge in [0.25, 0.3) is 0 Å². The molecule has 6 rings (SSSR count). The molecule has 2 spiro atoms. The molecule has 0 N–H and O–H groups in total. The van der Waals surface area contributed by atoms with Crippen LogP contribution < -0.4 is 0 Å². The Labute approximate surface area is 344 Å². The van der Waals surface area contributed by atoms with Gasteiger partial charge in [-0.25, -0.2) is 8.78 Å². The van der Waals surface area contributed by atoms with Gasteiger partial charge in [-0.1, -0.05) is 51.4 Å². The molecule has 55 heavy (non-hydrogen) atoms. The first-order chi connectivity index (χ1) is 25.4. The number of alkyl halides is 1. The Hall–Kier alpha value is -1.96. The summed E-state index contributed by atoms with van der Waals surface area (Å²) in [7, 11) is 0. The Morgan fingerprint density at radius 2 is 1.15 bits per heavy atom. The zero-order valence-electron chi connectivity index (χ0n) is 32.7. The lowest BCUT2D eigenvalue weighted by atomic mass is 9.74. The number of hydrogen-bond donors (Lipinski definition) is 0. The van der Waals surface area contributed by atoms with Crippen molar-refractivity contribution in [2.24, 2.45) is 10.8 Å². The second-order valence-corrected chi connectivity index (χ2v) is 18.3. The van der Waals surface area contributed by atoms with Gasteiger partial charge in [0.15, 0.2) is 0 Å². The molecular formula is C43H62Br2F2O8. The average molecular weight is 905 g/mol. The zero-order chi connectivity index (χ0) is 39.6. The largest absolute Gasteiger partial charge is 0.460 e. The third-order valence-corrected chi connectivity index (χ3v) is 11.4. The number of halogens is 4. The fourth-order valence-electron chi connectivity index (χ4n) is 7.33. The van der Waals surface area contributed by atoms with E-state index in [2.05, 4.69) is 31.9 Å². The van der Waals surface area contributed by atoms with Crippen molar-refractivity contribution in [2.75, 3.05) is 45.0 Å². The number of hydrogen-bond acceptors (Lipinski definition) is 8. The maximum atomic E-state index is 13.8. The molecule has 4 heterocycles. The molecular weight excluding hydrogens is 842 g/mol. The van der Waals surface area contributed by atoms with Crippen LogP contribution in [0.3, 0.4) is 0 Å². The third kappa shape index (κ3) is 15.4. The summed E-state index contributed by atoms with van der Waals surface area (Å²) in [6.45, 7) is 15.8. The number of benzene rings is 2. The van der Waals surface area contributed by atoms with Gasteiger partial charge < -0.3 is 28.4 Å². The lowest BCUT2D eigenvalue weighted by Crippen LogP contribution is -2.38. The molecule has 8 nitrogen and oxygen atoms in total. The Morgan fingerprint density at radius 1 is 0.709 bits per heavy atom. The lowest BCUT2D eigenvalue weighted by molar-refractivity contribution is -0.154. The highest BCUT2D eigenvalue weighted by atomic mass is 79.9. The fraction of sp³-hybridized carbons (Fsp3) is 0.674. The van der Waals surface area contributed by atoms with Gasteiger partial charge in [0.1, 0.15) is 28.2 Å². The molecule has 0 aliphatic carbocycles. The maximum absolute atomic E-state index is 13.8. The standard InChI is InChI=1S/C21H29FO4.C15H18BrFO2.C6H11BrO2.CH4/c1-20(2,3)26-19(23)13-15-12-16(22)4-5-17(15)18-6-7-21(14-25-18)8-10-24-11-9-21;16-13-9-11(17)1-2-12(13)14-3-4-15(10-19-14)5-7-18-8-6-15;1-6(2,3)9-5(8)4-7;/h4-5,12,18H,6-11,13-14H2,1-3H3;1-2,9,14H,3-8,10H2;4H2,1-3H3;1H4. The first kappa shape index (κ1) is 47.4. The number of carbonyl (C=O) groups is 2. The van der Waals surface area contributed by atoms with Crippen LogP contribution in [0.5, 0.6) is 0 Å². The van der Waals surface area contributed by atoms with Crippen molar-refractivity contribution in [3.05, 3.63) is 69.2 Å². The molecule has 4 aliphatic heterocycles. The Bertz CT molecular complexity index is 1510. The minimum absolute atomic E-state index is 0. The van der Waals surface area contributed by atoms with Gasteiger partial charge in [0.05, 0.1) is 31.8 Å². The van der Waals surface area contributed by atoms with Crippen LogP contribution in [0.25, 0.3) is 0 Å². The van der Waals surface area contributed by atoms with E-state index in [1.807, 2.05) is 47.6 Å². The van der Waals surface area contributed by atoms with Gasteiger partial charge >= 0.3 is 11.9 Å². The van der Waals surface area contributed by atoms with Crippen molar-refractivity contribution in [2.45, 2.75) is 130 Å². The molecule has 0 amide bonds. The van der Waals surface area contributed by atoms with Crippen LogP contribution in [-0.2, 0) is 44.4 Å². The molecule has 0 saturated carbocycles. The predicted octanol–water partition coefficient (Wildman–Crippen LogP) is 11.0. The number of carbonyl (C=O) groups excluding carboxylic acids is 2. The molecule has 310 valence electrons. The maximum Gasteiger partial charge on any atom is 0.317 e. The van der Waals surface area contributed by atoms with E-state index in [1.54, 1.807) is 6.07 Å². The molecule has 4 aliphatic rings. The molecule has 0 bridgehead atoms. The van der Waals surface area contributed by atoms with Gasteiger partial charge in [-0.2, -0.15) is 0 Å². The number of ether oxygens (including phenoxy) is 6. The molecule has 12 heteroatoms. The molecule has 2 unspecified atom stereocenters. The van der Waals surface area contributed by atoms with Gasteiger partial charge in [-0.05, 0) is 145 Å². The third-order valence-electron chi connectivity index (χ3n) is 10.2. The van der Waals surface area contributed by atoms with Gasteiger partial charge in [0.2, 0.25) is 0 Å². The van der Waals surface area contributed by atoms with Gasteiger partial charge in [-0.15, -0.1) is 0 Å². The number of rotatable bonds is 5. The summed E-state index contributed by atoms with van der Waals surface area (Å²) in [5.41, 5.74) is 2.25. The summed E-state index contributed by atoms with van der Waals surface area (Å²) in [6.07, 6.45) is 8.45. The minimum Gasteiger partial charge on any atom is -0.460 e. The summed E-state index contributed by atoms with van der Waals surface area (Å²) in [4.78, 5) is 22.8. The SMILES string of the molecule is C.CC(C)(C)OC(=O)CBr.CC(C)(C)OC(=O)Cc1cc(F)ccc1C1CCC2(CCOCC2)CO1.Fc1ccc(C2CCC3(CCOCC3)CO2)c(Br)c1. The van der Waals surface area contributed by atoms with E-state index in [9.17, 15) is 18.4 Å². The van der Waals surface area contributed by atoms with Crippen molar-refractivity contribution in [3.8, 4) is 0 Å². The first-order valence-corrected chi connectivity index (χ1v) is 20.9. The highest BCUT2D eigenvalue weighted by Gasteiger charge is 2.39. The van der Waals surface area contributed by atoms with Crippen molar-refractivity contribution < 1.29 is 46.8 Å². The van der Waals surface area contributed by atoms with E-state index in [0.29, 0.717) is 17.6 Å². The van der Waals surface area contributed by atoms with E-state index in [4.69, 9.17) is 28.4 Å². The van der Waals surface area contributed by atoms with Crippen molar-refractivity contribution >= 4 is 43.8 Å². The summed E-state index contributed by atoms with van der Waals surface area (Å²) in [5.74, 6) is -1.13. The fourth-order valence-corrected chi connectivity index (χ4v) is 8.06. The predicted molar refractivity (Wildman–Crippen MR) is 217 cm³/mol. The molecule has 4 fully saturated rings. The normalized spacial score (nSPS) is 21.9. The average Bonchev–Trinajstić information content (AvgIpc) is 3.09. The molecule has 2 atom stereocenters. The van der Waals surface area contributed by atoms with Crippen LogP contribution >= 0.6 is 31.9 Å². The van der Waals surface area contributed by atoms with Crippen molar-refractivity contribution in [3.63, 3.8) is 0 Å². The van der Waals surface area contributed by atoms with Crippen LogP contribution in [0.4, 0.5) is 8.78 Å². The highest BCUT2D eigenvalue weighted by Crippen LogP contribution is 2.46. The second-order valence-electron chi connectivity index (χ2n) is 16.9. The van der Waals surface area contributed by atoms with E-state index >= 15 is 0 Å². The Morgan fingerprint density at radius 3 is 1.55 bits per heavy atom. The highest BCUT2D eigenvalue weighted by molar-refractivity contribution is 9.10. The minimum atomic E-state index is -0.554. The molecule has 4 saturated heterocycles. The van der Waals surface area contributed by atoms with Crippen LogP contribution in [0.1, 0.15) is 129 Å². The molecule has 2 aromatic carbocycles. The van der Waals surface area contributed by atoms with Crippen LogP contribution in [0, 0.1) is 22.5 Å². The molecule has 0 radical (unpaired) electrons. The van der Waals surface area contributed by atoms with E-state index in [1.165, 1.54) is 30.7 Å². The summed E-state index contributed by atoms with van der Waals surface area (Å²) < 4.78 is 61.2. The summed E-state index contributed by atoms with van der Waals surface area (Å²) >= 11 is 6.42. The Kier molecular flexibility index (Phi) is 18.2. The molecule has 0 aromatic heterocycles. The second kappa shape index (κ2) is 21.2. The monoisotopic (exact) mass is 902 g/mol. The smallest absolute Gasteiger partial charge is 0.317 e. The first-order valence-electron chi connectivity index (χ1n) is 19.0. The lowest BCUT2D eigenvalue weighted by Gasteiger charge is -2.43. The van der Waals surface area contributed by atoms with Crippen molar-refractivity contribution in [1.29, 1.82) is 0 Å². The van der Waals surface area contributed by atoms with E-state index < -0.39 is 5.60 Å². The number of esters is 2. The Balaban J connectivity index is 0.000000245. The van der Waals surface area contributed by atoms with Crippen molar-refractivity contribution in [1.82, 2.24) is 0 Å². The van der Waals surface area contributed by atoms with E-state index in [-0.39, 0.29) is 66.0 Å².